The van der Waals surface area contributed by atoms with Gasteiger partial charge in [0.2, 0.25) is 17.7 Å². The SMILES string of the molecule is CCC[C@@H](N)C(=O)Nc1cc(C(N)=O)cc(C(N)=O)c1. The minimum atomic E-state index is -0.721. The van der Waals surface area contributed by atoms with Crippen molar-refractivity contribution in [1.82, 2.24) is 0 Å². The molecule has 7 N–H and O–H groups in total. The van der Waals surface area contributed by atoms with Crippen LogP contribution in [0.3, 0.4) is 0 Å². The molecule has 7 nitrogen and oxygen atoms in total. The maximum atomic E-state index is 11.8. The van der Waals surface area contributed by atoms with Crippen LogP contribution in [0, 0.1) is 0 Å². The highest BCUT2D eigenvalue weighted by molar-refractivity contribution is 6.02. The van der Waals surface area contributed by atoms with Crippen molar-refractivity contribution in [2.24, 2.45) is 17.2 Å². The summed E-state index contributed by atoms with van der Waals surface area (Å²) >= 11 is 0. The molecule has 0 heterocycles. The number of hydrogen-bond donors (Lipinski definition) is 4. The molecule has 0 aliphatic carbocycles. The molecule has 0 aromatic heterocycles. The van der Waals surface area contributed by atoms with Gasteiger partial charge < -0.3 is 22.5 Å². The Morgan fingerprint density at radius 3 is 2.00 bits per heavy atom. The van der Waals surface area contributed by atoms with Crippen molar-refractivity contribution in [3.8, 4) is 0 Å². The maximum Gasteiger partial charge on any atom is 0.248 e. The maximum absolute atomic E-state index is 11.8. The van der Waals surface area contributed by atoms with Gasteiger partial charge in [0.1, 0.15) is 0 Å². The van der Waals surface area contributed by atoms with E-state index in [0.29, 0.717) is 6.42 Å². The fourth-order valence-electron chi connectivity index (χ4n) is 1.66. The molecule has 108 valence electrons. The molecule has 0 saturated heterocycles. The summed E-state index contributed by atoms with van der Waals surface area (Å²) in [7, 11) is 0. The Bertz CT molecular complexity index is 510. The Hall–Kier alpha value is -2.41. The van der Waals surface area contributed by atoms with Gasteiger partial charge in [-0.15, -0.1) is 0 Å². The van der Waals surface area contributed by atoms with E-state index in [2.05, 4.69) is 5.32 Å². The molecule has 1 aromatic rings. The van der Waals surface area contributed by atoms with E-state index in [4.69, 9.17) is 17.2 Å². The van der Waals surface area contributed by atoms with Gasteiger partial charge in [0.25, 0.3) is 0 Å². The molecular weight excluding hydrogens is 260 g/mol. The van der Waals surface area contributed by atoms with E-state index in [1.54, 1.807) is 0 Å². The summed E-state index contributed by atoms with van der Waals surface area (Å²) in [6.07, 6.45) is 1.30. The molecule has 0 saturated carbocycles. The highest BCUT2D eigenvalue weighted by Gasteiger charge is 2.15. The number of carbonyl (C=O) groups is 3. The number of benzene rings is 1. The number of nitrogens with two attached hydrogens (primary N) is 3. The van der Waals surface area contributed by atoms with Gasteiger partial charge in [-0.3, -0.25) is 14.4 Å². The van der Waals surface area contributed by atoms with Crippen molar-refractivity contribution in [2.45, 2.75) is 25.8 Å². The fourth-order valence-corrected chi connectivity index (χ4v) is 1.66. The van der Waals surface area contributed by atoms with Crippen LogP contribution in [-0.2, 0) is 4.79 Å². The van der Waals surface area contributed by atoms with Crippen LogP contribution in [0.1, 0.15) is 40.5 Å². The van der Waals surface area contributed by atoms with Crippen molar-refractivity contribution in [1.29, 1.82) is 0 Å². The van der Waals surface area contributed by atoms with Crippen LogP contribution in [0.5, 0.6) is 0 Å². The van der Waals surface area contributed by atoms with Crippen LogP contribution in [0.25, 0.3) is 0 Å². The molecule has 3 amide bonds. The number of carbonyl (C=O) groups excluding carboxylic acids is 3. The van der Waals surface area contributed by atoms with Crippen LogP contribution in [0.15, 0.2) is 18.2 Å². The zero-order valence-electron chi connectivity index (χ0n) is 11.2. The van der Waals surface area contributed by atoms with E-state index in [0.717, 1.165) is 6.42 Å². The summed E-state index contributed by atoms with van der Waals surface area (Å²) in [5.41, 5.74) is 16.4. The molecule has 0 bridgehead atoms. The summed E-state index contributed by atoms with van der Waals surface area (Å²) in [6.45, 7) is 1.91. The van der Waals surface area contributed by atoms with Crippen molar-refractivity contribution in [2.75, 3.05) is 5.32 Å². The molecule has 1 aromatic carbocycles. The van der Waals surface area contributed by atoms with E-state index in [1.807, 2.05) is 6.92 Å². The molecule has 0 radical (unpaired) electrons. The highest BCUT2D eigenvalue weighted by Crippen LogP contribution is 2.15. The van der Waals surface area contributed by atoms with Gasteiger partial charge in [0.05, 0.1) is 6.04 Å². The monoisotopic (exact) mass is 278 g/mol. The van der Waals surface area contributed by atoms with E-state index < -0.39 is 23.8 Å². The molecule has 1 rings (SSSR count). The van der Waals surface area contributed by atoms with E-state index >= 15 is 0 Å². The summed E-state index contributed by atoms with van der Waals surface area (Å²) in [5, 5.41) is 2.54. The Morgan fingerprint density at radius 2 is 1.60 bits per heavy atom. The van der Waals surface area contributed by atoms with Crippen LogP contribution in [-0.4, -0.2) is 23.8 Å². The van der Waals surface area contributed by atoms with Crippen molar-refractivity contribution in [3.05, 3.63) is 29.3 Å². The van der Waals surface area contributed by atoms with Gasteiger partial charge in [0, 0.05) is 16.8 Å². The van der Waals surface area contributed by atoms with Crippen molar-refractivity contribution < 1.29 is 14.4 Å². The average molecular weight is 278 g/mol. The molecule has 1 atom stereocenters. The topological polar surface area (TPSA) is 141 Å². The Balaban J connectivity index is 3.02. The first-order chi connectivity index (χ1) is 9.35. The predicted molar refractivity (Wildman–Crippen MR) is 75.0 cm³/mol. The largest absolute Gasteiger partial charge is 0.366 e. The highest BCUT2D eigenvalue weighted by atomic mass is 16.2. The quantitative estimate of drug-likeness (QED) is 0.578. The van der Waals surface area contributed by atoms with Gasteiger partial charge in [-0.2, -0.15) is 0 Å². The first-order valence-electron chi connectivity index (χ1n) is 6.16. The van der Waals surface area contributed by atoms with E-state index in [-0.39, 0.29) is 16.8 Å². The van der Waals surface area contributed by atoms with Gasteiger partial charge in [-0.1, -0.05) is 13.3 Å². The second-order valence-corrected chi connectivity index (χ2v) is 4.41. The van der Waals surface area contributed by atoms with Crippen LogP contribution >= 0.6 is 0 Å². The molecule has 0 aliphatic rings. The molecule has 0 fully saturated rings. The Kier molecular flexibility index (Phi) is 5.22. The minimum Gasteiger partial charge on any atom is -0.366 e. The van der Waals surface area contributed by atoms with Gasteiger partial charge in [-0.25, -0.2) is 0 Å². The number of rotatable bonds is 6. The first kappa shape index (κ1) is 15.6. The molecule has 7 heteroatoms. The summed E-state index contributed by atoms with van der Waals surface area (Å²) in [6, 6.07) is 3.34. The third kappa shape index (κ3) is 4.06. The predicted octanol–water partition coefficient (Wildman–Crippen LogP) is -0.0497. The zero-order valence-corrected chi connectivity index (χ0v) is 11.2. The molecular formula is C13H18N4O3. The Morgan fingerprint density at radius 1 is 1.10 bits per heavy atom. The van der Waals surface area contributed by atoms with Crippen LogP contribution in [0.4, 0.5) is 5.69 Å². The van der Waals surface area contributed by atoms with Crippen LogP contribution < -0.4 is 22.5 Å². The van der Waals surface area contributed by atoms with Crippen molar-refractivity contribution >= 4 is 23.4 Å². The normalized spacial score (nSPS) is 11.7. The smallest absolute Gasteiger partial charge is 0.248 e. The Labute approximate surface area is 116 Å². The number of hydrogen-bond acceptors (Lipinski definition) is 4. The average Bonchev–Trinajstić information content (AvgIpc) is 2.38. The second-order valence-electron chi connectivity index (χ2n) is 4.41. The summed E-state index contributed by atoms with van der Waals surface area (Å²) in [4.78, 5) is 34.2. The van der Waals surface area contributed by atoms with E-state index in [1.165, 1.54) is 18.2 Å². The summed E-state index contributed by atoms with van der Waals surface area (Å²) in [5.74, 6) is -1.84. The lowest BCUT2D eigenvalue weighted by Gasteiger charge is -2.12. The zero-order chi connectivity index (χ0) is 15.3. The molecule has 0 unspecified atom stereocenters. The summed E-state index contributed by atoms with van der Waals surface area (Å²) < 4.78 is 0. The number of nitrogens with one attached hydrogen (secondary N) is 1. The van der Waals surface area contributed by atoms with Crippen LogP contribution in [0.2, 0.25) is 0 Å². The lowest BCUT2D eigenvalue weighted by molar-refractivity contribution is -0.117. The first-order valence-corrected chi connectivity index (χ1v) is 6.16. The third-order valence-electron chi connectivity index (χ3n) is 2.71. The third-order valence-corrected chi connectivity index (χ3v) is 2.71. The van der Waals surface area contributed by atoms with Gasteiger partial charge in [-0.05, 0) is 24.6 Å². The number of amides is 3. The molecule has 0 aliphatic heterocycles. The standard InChI is InChI=1S/C13H18N4O3/c1-2-3-10(14)13(20)17-9-5-7(11(15)18)4-8(6-9)12(16)19/h4-6,10H,2-3,14H2,1H3,(H2,15,18)(H2,16,19)(H,17,20)/t10-/m1/s1. The molecule has 0 spiro atoms. The van der Waals surface area contributed by atoms with E-state index in [9.17, 15) is 14.4 Å². The van der Waals surface area contributed by atoms with Gasteiger partial charge >= 0.3 is 0 Å². The lowest BCUT2D eigenvalue weighted by Crippen LogP contribution is -2.35. The second kappa shape index (κ2) is 6.67. The van der Waals surface area contributed by atoms with Gasteiger partial charge in [0.15, 0.2) is 0 Å². The molecule has 20 heavy (non-hydrogen) atoms. The van der Waals surface area contributed by atoms with Crippen molar-refractivity contribution in [3.63, 3.8) is 0 Å². The lowest BCUT2D eigenvalue weighted by atomic mass is 10.1. The number of anilines is 1. The fraction of sp³-hybridized carbons (Fsp3) is 0.308. The number of primary amides is 2. The minimum absolute atomic E-state index is 0.0839.